The van der Waals surface area contributed by atoms with E-state index in [4.69, 9.17) is 0 Å². The Morgan fingerprint density at radius 3 is 2.64 bits per heavy atom. The first-order chi connectivity index (χ1) is 11.9. The standard InChI is InChI=1S/C19H23FN2O3/c1-19(12-16(23)21-18(19)25)8-5-17(24)22-9-6-13(7-10-22)14-3-2-4-15(20)11-14/h2-4,11,13H,5-10,12H2,1H3,(H,21,23,25). The molecule has 2 aliphatic heterocycles. The lowest BCUT2D eigenvalue weighted by Crippen LogP contribution is -2.39. The van der Waals surface area contributed by atoms with E-state index in [1.165, 1.54) is 6.07 Å². The molecule has 1 N–H and O–H groups in total. The van der Waals surface area contributed by atoms with E-state index in [0.29, 0.717) is 19.5 Å². The number of likely N-dealkylation sites (tertiary alicyclic amines) is 1. The van der Waals surface area contributed by atoms with Crippen molar-refractivity contribution in [2.45, 2.75) is 44.9 Å². The van der Waals surface area contributed by atoms with Crippen LogP contribution in [0.2, 0.25) is 0 Å². The molecule has 2 aliphatic rings. The molecule has 3 amide bonds. The Morgan fingerprint density at radius 2 is 2.04 bits per heavy atom. The normalized spacial score (nSPS) is 24.5. The van der Waals surface area contributed by atoms with Gasteiger partial charge in [0.25, 0.3) is 0 Å². The zero-order valence-electron chi connectivity index (χ0n) is 14.4. The summed E-state index contributed by atoms with van der Waals surface area (Å²) in [5.74, 6) is -0.485. The Kier molecular flexibility index (Phi) is 4.88. The van der Waals surface area contributed by atoms with Gasteiger partial charge in [0.05, 0.1) is 5.41 Å². The summed E-state index contributed by atoms with van der Waals surface area (Å²) in [5, 5.41) is 2.31. The molecular formula is C19H23FN2O3. The van der Waals surface area contributed by atoms with Crippen molar-refractivity contribution in [3.05, 3.63) is 35.6 Å². The second-order valence-corrected chi connectivity index (χ2v) is 7.32. The molecule has 2 heterocycles. The summed E-state index contributed by atoms with van der Waals surface area (Å²) in [5.41, 5.74) is 0.216. The highest BCUT2D eigenvalue weighted by atomic mass is 19.1. The van der Waals surface area contributed by atoms with Crippen LogP contribution in [-0.4, -0.2) is 35.7 Å². The molecule has 6 heteroatoms. The number of hydrogen-bond acceptors (Lipinski definition) is 3. The van der Waals surface area contributed by atoms with Crippen molar-refractivity contribution in [1.29, 1.82) is 0 Å². The first-order valence-electron chi connectivity index (χ1n) is 8.75. The molecule has 0 saturated carbocycles. The van der Waals surface area contributed by atoms with Crippen LogP contribution < -0.4 is 5.32 Å². The topological polar surface area (TPSA) is 66.5 Å². The van der Waals surface area contributed by atoms with Crippen molar-refractivity contribution < 1.29 is 18.8 Å². The number of imide groups is 1. The van der Waals surface area contributed by atoms with E-state index < -0.39 is 5.41 Å². The summed E-state index contributed by atoms with van der Waals surface area (Å²) in [7, 11) is 0. The van der Waals surface area contributed by atoms with E-state index in [-0.39, 0.29) is 42.3 Å². The van der Waals surface area contributed by atoms with Gasteiger partial charge < -0.3 is 4.90 Å². The Morgan fingerprint density at radius 1 is 1.32 bits per heavy atom. The van der Waals surface area contributed by atoms with Crippen LogP contribution in [0, 0.1) is 11.2 Å². The second-order valence-electron chi connectivity index (χ2n) is 7.32. The van der Waals surface area contributed by atoms with Crippen LogP contribution in [0.1, 0.15) is 50.5 Å². The maximum absolute atomic E-state index is 13.3. The molecule has 2 saturated heterocycles. The van der Waals surface area contributed by atoms with E-state index in [1.807, 2.05) is 11.0 Å². The molecule has 134 valence electrons. The van der Waals surface area contributed by atoms with E-state index in [2.05, 4.69) is 5.32 Å². The SMILES string of the molecule is CC1(CCC(=O)N2CCC(c3cccc(F)c3)CC2)CC(=O)NC1=O. The molecular weight excluding hydrogens is 323 g/mol. The first-order valence-corrected chi connectivity index (χ1v) is 8.75. The van der Waals surface area contributed by atoms with Crippen LogP contribution in [0.5, 0.6) is 0 Å². The van der Waals surface area contributed by atoms with Crippen LogP contribution in [0.25, 0.3) is 0 Å². The Hall–Kier alpha value is -2.24. The van der Waals surface area contributed by atoms with E-state index in [0.717, 1.165) is 18.4 Å². The number of piperidine rings is 1. The van der Waals surface area contributed by atoms with E-state index >= 15 is 0 Å². The van der Waals surface area contributed by atoms with Gasteiger partial charge in [0.2, 0.25) is 17.7 Å². The molecule has 0 aliphatic carbocycles. The minimum absolute atomic E-state index is 0.0195. The number of nitrogens with zero attached hydrogens (tertiary/aromatic N) is 1. The maximum atomic E-state index is 13.3. The lowest BCUT2D eigenvalue weighted by molar-refractivity contribution is -0.133. The largest absolute Gasteiger partial charge is 0.343 e. The summed E-state index contributed by atoms with van der Waals surface area (Å²) >= 11 is 0. The van der Waals surface area contributed by atoms with Crippen LogP contribution in [0.3, 0.4) is 0 Å². The predicted molar refractivity (Wildman–Crippen MR) is 90.1 cm³/mol. The summed E-state index contributed by atoms with van der Waals surface area (Å²) in [6.45, 7) is 3.01. The number of benzene rings is 1. The molecule has 0 radical (unpaired) electrons. The Balaban J connectivity index is 1.50. The van der Waals surface area contributed by atoms with Crippen molar-refractivity contribution in [3.8, 4) is 0 Å². The van der Waals surface area contributed by atoms with Gasteiger partial charge in [0.1, 0.15) is 5.82 Å². The Labute approximate surface area is 146 Å². The van der Waals surface area contributed by atoms with Crippen molar-refractivity contribution in [2.75, 3.05) is 13.1 Å². The van der Waals surface area contributed by atoms with Crippen molar-refractivity contribution in [3.63, 3.8) is 0 Å². The van der Waals surface area contributed by atoms with Gasteiger partial charge in [-0.15, -0.1) is 0 Å². The minimum atomic E-state index is -0.771. The number of amides is 3. The van der Waals surface area contributed by atoms with Gasteiger partial charge in [-0.25, -0.2) is 4.39 Å². The highest BCUT2D eigenvalue weighted by Crippen LogP contribution is 2.33. The van der Waals surface area contributed by atoms with Crippen LogP contribution in [0.4, 0.5) is 4.39 Å². The number of rotatable bonds is 4. The van der Waals surface area contributed by atoms with E-state index in [9.17, 15) is 18.8 Å². The third-order valence-corrected chi connectivity index (χ3v) is 5.41. The minimum Gasteiger partial charge on any atom is -0.343 e. The summed E-state index contributed by atoms with van der Waals surface area (Å²) in [4.78, 5) is 37.4. The molecule has 0 spiro atoms. The highest BCUT2D eigenvalue weighted by Gasteiger charge is 2.42. The van der Waals surface area contributed by atoms with Crippen molar-refractivity contribution >= 4 is 17.7 Å². The Bertz CT molecular complexity index is 698. The fourth-order valence-corrected chi connectivity index (χ4v) is 3.72. The van der Waals surface area contributed by atoms with Gasteiger partial charge in [0.15, 0.2) is 0 Å². The quantitative estimate of drug-likeness (QED) is 0.851. The zero-order valence-corrected chi connectivity index (χ0v) is 14.4. The molecule has 1 unspecified atom stereocenters. The van der Waals surface area contributed by atoms with Gasteiger partial charge in [-0.1, -0.05) is 19.1 Å². The molecule has 1 aromatic rings. The molecule has 3 rings (SSSR count). The van der Waals surface area contributed by atoms with Crippen LogP contribution in [0.15, 0.2) is 24.3 Å². The molecule has 0 aromatic heterocycles. The highest BCUT2D eigenvalue weighted by molar-refractivity contribution is 6.05. The average molecular weight is 346 g/mol. The number of hydrogen-bond donors (Lipinski definition) is 1. The third kappa shape index (κ3) is 3.89. The van der Waals surface area contributed by atoms with Gasteiger partial charge >= 0.3 is 0 Å². The van der Waals surface area contributed by atoms with Crippen LogP contribution in [-0.2, 0) is 14.4 Å². The van der Waals surface area contributed by atoms with Gasteiger partial charge in [-0.05, 0) is 42.9 Å². The number of halogens is 1. The predicted octanol–water partition coefficient (Wildman–Crippen LogP) is 2.36. The van der Waals surface area contributed by atoms with Gasteiger partial charge in [-0.2, -0.15) is 0 Å². The smallest absolute Gasteiger partial charge is 0.233 e. The van der Waals surface area contributed by atoms with E-state index in [1.54, 1.807) is 19.1 Å². The lowest BCUT2D eigenvalue weighted by atomic mass is 9.83. The summed E-state index contributed by atoms with van der Waals surface area (Å²) in [6, 6.07) is 6.66. The van der Waals surface area contributed by atoms with Crippen molar-refractivity contribution in [2.24, 2.45) is 5.41 Å². The molecule has 0 bridgehead atoms. The number of carbonyl (C=O) groups is 3. The maximum Gasteiger partial charge on any atom is 0.233 e. The monoisotopic (exact) mass is 346 g/mol. The molecule has 2 fully saturated rings. The number of nitrogens with one attached hydrogen (secondary N) is 1. The van der Waals surface area contributed by atoms with Crippen molar-refractivity contribution in [1.82, 2.24) is 10.2 Å². The van der Waals surface area contributed by atoms with Crippen LogP contribution >= 0.6 is 0 Å². The zero-order chi connectivity index (χ0) is 18.0. The third-order valence-electron chi connectivity index (χ3n) is 5.41. The molecule has 1 atom stereocenters. The van der Waals surface area contributed by atoms with Gasteiger partial charge in [0, 0.05) is 25.9 Å². The summed E-state index contributed by atoms with van der Waals surface area (Å²) < 4.78 is 13.3. The second kappa shape index (κ2) is 6.94. The fraction of sp³-hybridized carbons (Fsp3) is 0.526. The first kappa shape index (κ1) is 17.6. The molecule has 25 heavy (non-hydrogen) atoms. The molecule has 5 nitrogen and oxygen atoms in total. The fourth-order valence-electron chi connectivity index (χ4n) is 3.72. The number of carbonyl (C=O) groups excluding carboxylic acids is 3. The lowest BCUT2D eigenvalue weighted by Gasteiger charge is -2.33. The van der Waals surface area contributed by atoms with Gasteiger partial charge in [-0.3, -0.25) is 19.7 Å². The average Bonchev–Trinajstić information content (AvgIpc) is 2.85. The molecule has 1 aromatic carbocycles. The summed E-state index contributed by atoms with van der Waals surface area (Å²) in [6.07, 6.45) is 2.42.